The van der Waals surface area contributed by atoms with E-state index in [1.54, 1.807) is 6.20 Å². The van der Waals surface area contributed by atoms with E-state index in [1.807, 2.05) is 59.5 Å². The Labute approximate surface area is 199 Å². The number of halogens is 1. The second kappa shape index (κ2) is 10.7. The number of nitrogens with zero attached hydrogens (tertiary/aromatic N) is 2. The first kappa shape index (κ1) is 23.1. The number of nitrogens with one attached hydrogen (secondary N) is 1. The Morgan fingerprint density at radius 3 is 2.52 bits per heavy atom. The van der Waals surface area contributed by atoms with E-state index in [0.717, 1.165) is 48.0 Å². The number of rotatable bonds is 8. The van der Waals surface area contributed by atoms with Gasteiger partial charge in [0.2, 0.25) is 11.8 Å². The second-order valence-electron chi connectivity index (χ2n) is 8.59. The Morgan fingerprint density at radius 2 is 1.79 bits per heavy atom. The van der Waals surface area contributed by atoms with Gasteiger partial charge in [-0.05, 0) is 68.5 Å². The quantitative estimate of drug-likeness (QED) is 0.473. The summed E-state index contributed by atoms with van der Waals surface area (Å²) < 4.78 is 0. The van der Waals surface area contributed by atoms with Crippen molar-refractivity contribution in [2.45, 2.75) is 57.0 Å². The van der Waals surface area contributed by atoms with Crippen molar-refractivity contribution in [3.05, 3.63) is 65.8 Å². The summed E-state index contributed by atoms with van der Waals surface area (Å²) in [6, 6.07) is 18.0. The van der Waals surface area contributed by atoms with Gasteiger partial charge in [-0.1, -0.05) is 29.8 Å². The molecular weight excluding hydrogens is 436 g/mol. The number of primary amides is 1. The predicted molar refractivity (Wildman–Crippen MR) is 133 cm³/mol. The van der Waals surface area contributed by atoms with E-state index in [-0.39, 0.29) is 24.3 Å². The number of hydrogen-bond acceptors (Lipinski definition) is 4. The third-order valence-electron chi connectivity index (χ3n) is 6.24. The lowest BCUT2D eigenvalue weighted by Gasteiger charge is -2.37. The van der Waals surface area contributed by atoms with Gasteiger partial charge in [-0.15, -0.1) is 0 Å². The van der Waals surface area contributed by atoms with Crippen LogP contribution in [0.5, 0.6) is 0 Å². The Bertz CT molecular complexity index is 1110. The SMILES string of the molecule is NC(=O)CCCC(=O)N(c1ccccc1)C1CCC(Nc2ccnc3cc(Cl)ccc23)CC1. The lowest BCUT2D eigenvalue weighted by molar-refractivity contribution is -0.120. The monoisotopic (exact) mass is 464 g/mol. The number of aromatic nitrogens is 1. The topological polar surface area (TPSA) is 88.3 Å². The average Bonchev–Trinajstić information content (AvgIpc) is 2.81. The lowest BCUT2D eigenvalue weighted by atomic mass is 9.89. The summed E-state index contributed by atoms with van der Waals surface area (Å²) in [6.45, 7) is 0. The van der Waals surface area contributed by atoms with Crippen molar-refractivity contribution < 1.29 is 9.59 Å². The van der Waals surface area contributed by atoms with Gasteiger partial charge in [-0.3, -0.25) is 14.6 Å². The molecule has 1 aliphatic carbocycles. The number of benzene rings is 2. The second-order valence-corrected chi connectivity index (χ2v) is 9.03. The number of pyridine rings is 1. The molecule has 1 aromatic heterocycles. The molecule has 0 saturated heterocycles. The van der Waals surface area contributed by atoms with Gasteiger partial charge in [0, 0.05) is 52.9 Å². The van der Waals surface area contributed by atoms with Crippen LogP contribution >= 0.6 is 11.6 Å². The maximum atomic E-state index is 13.1. The zero-order chi connectivity index (χ0) is 23.2. The molecule has 0 radical (unpaired) electrons. The highest BCUT2D eigenvalue weighted by Gasteiger charge is 2.30. The molecule has 3 N–H and O–H groups in total. The minimum atomic E-state index is -0.369. The minimum Gasteiger partial charge on any atom is -0.382 e. The fraction of sp³-hybridized carbons (Fsp3) is 0.346. The predicted octanol–water partition coefficient (Wildman–Crippen LogP) is 5.30. The molecule has 0 aliphatic heterocycles. The fourth-order valence-electron chi connectivity index (χ4n) is 4.63. The van der Waals surface area contributed by atoms with Crippen molar-refractivity contribution in [2.24, 2.45) is 5.73 Å². The number of fused-ring (bicyclic) bond motifs is 1. The van der Waals surface area contributed by atoms with Gasteiger partial charge in [-0.2, -0.15) is 0 Å². The molecule has 7 heteroatoms. The molecule has 1 saturated carbocycles. The number of para-hydroxylation sites is 1. The van der Waals surface area contributed by atoms with Gasteiger partial charge >= 0.3 is 0 Å². The van der Waals surface area contributed by atoms with E-state index in [2.05, 4.69) is 10.3 Å². The van der Waals surface area contributed by atoms with Crippen LogP contribution in [-0.4, -0.2) is 28.9 Å². The molecule has 172 valence electrons. The van der Waals surface area contributed by atoms with Crippen LogP contribution in [-0.2, 0) is 9.59 Å². The summed E-state index contributed by atoms with van der Waals surface area (Å²) in [5.74, 6) is -0.317. The average molecular weight is 465 g/mol. The molecule has 4 rings (SSSR count). The molecule has 33 heavy (non-hydrogen) atoms. The van der Waals surface area contributed by atoms with E-state index in [1.165, 1.54) is 0 Å². The van der Waals surface area contributed by atoms with Crippen LogP contribution in [0.1, 0.15) is 44.9 Å². The summed E-state index contributed by atoms with van der Waals surface area (Å²) in [7, 11) is 0. The number of hydrogen-bond donors (Lipinski definition) is 2. The van der Waals surface area contributed by atoms with Crippen LogP contribution in [0, 0.1) is 0 Å². The lowest BCUT2D eigenvalue weighted by Crippen LogP contribution is -2.44. The number of amides is 2. The smallest absolute Gasteiger partial charge is 0.227 e. The van der Waals surface area contributed by atoms with Gasteiger partial charge < -0.3 is 16.0 Å². The van der Waals surface area contributed by atoms with Crippen LogP contribution in [0.15, 0.2) is 60.8 Å². The van der Waals surface area contributed by atoms with Crippen molar-refractivity contribution in [1.82, 2.24) is 4.98 Å². The van der Waals surface area contributed by atoms with Crippen molar-refractivity contribution in [3.63, 3.8) is 0 Å². The van der Waals surface area contributed by atoms with Gasteiger partial charge in [0.05, 0.1) is 5.52 Å². The maximum absolute atomic E-state index is 13.1. The molecule has 0 spiro atoms. The first-order chi connectivity index (χ1) is 16.0. The highest BCUT2D eigenvalue weighted by atomic mass is 35.5. The van der Waals surface area contributed by atoms with Gasteiger partial charge in [-0.25, -0.2) is 0 Å². The third-order valence-corrected chi connectivity index (χ3v) is 6.48. The number of carbonyl (C=O) groups is 2. The number of anilines is 2. The molecule has 1 aliphatic rings. The van der Waals surface area contributed by atoms with Crippen molar-refractivity contribution in [1.29, 1.82) is 0 Å². The van der Waals surface area contributed by atoms with Crippen LogP contribution in [0.4, 0.5) is 11.4 Å². The van der Waals surface area contributed by atoms with Gasteiger partial charge in [0.1, 0.15) is 0 Å². The summed E-state index contributed by atoms with van der Waals surface area (Å²) in [6.07, 6.45) is 6.56. The molecule has 2 aromatic carbocycles. The molecule has 0 bridgehead atoms. The Kier molecular flexibility index (Phi) is 7.45. The maximum Gasteiger partial charge on any atom is 0.227 e. The first-order valence-electron chi connectivity index (χ1n) is 11.5. The fourth-order valence-corrected chi connectivity index (χ4v) is 4.79. The molecule has 1 heterocycles. The molecule has 0 unspecified atom stereocenters. The molecule has 6 nitrogen and oxygen atoms in total. The summed E-state index contributed by atoms with van der Waals surface area (Å²) in [5.41, 5.74) is 8.09. The molecule has 2 amide bonds. The van der Waals surface area contributed by atoms with Crippen LogP contribution in [0.2, 0.25) is 5.02 Å². The summed E-state index contributed by atoms with van der Waals surface area (Å²) in [4.78, 5) is 30.6. The van der Waals surface area contributed by atoms with Gasteiger partial charge in [0.25, 0.3) is 0 Å². The Hall–Kier alpha value is -3.12. The molecular formula is C26H29ClN4O2. The largest absolute Gasteiger partial charge is 0.382 e. The first-order valence-corrected chi connectivity index (χ1v) is 11.9. The van der Waals surface area contributed by atoms with Crippen molar-refractivity contribution in [2.75, 3.05) is 10.2 Å². The molecule has 0 atom stereocenters. The van der Waals surface area contributed by atoms with Crippen LogP contribution < -0.4 is 16.0 Å². The van der Waals surface area contributed by atoms with E-state index in [9.17, 15) is 9.59 Å². The van der Waals surface area contributed by atoms with Crippen molar-refractivity contribution in [3.8, 4) is 0 Å². The van der Waals surface area contributed by atoms with Crippen LogP contribution in [0.3, 0.4) is 0 Å². The number of carbonyl (C=O) groups excluding carboxylic acids is 2. The van der Waals surface area contributed by atoms with Crippen LogP contribution in [0.25, 0.3) is 10.9 Å². The number of nitrogens with two attached hydrogens (primary N) is 1. The Balaban J connectivity index is 1.43. The van der Waals surface area contributed by atoms with E-state index in [0.29, 0.717) is 23.9 Å². The standard InChI is InChI=1S/C26H29ClN4O2/c27-18-9-14-22-23(15-16-29-24(22)17-18)30-19-10-12-21(13-11-19)31(20-5-2-1-3-6-20)26(33)8-4-7-25(28)32/h1-3,5-6,9,14-17,19,21H,4,7-8,10-13H2,(H2,28,32)(H,29,30). The van der Waals surface area contributed by atoms with E-state index < -0.39 is 0 Å². The Morgan fingerprint density at radius 1 is 1.03 bits per heavy atom. The summed E-state index contributed by atoms with van der Waals surface area (Å²) in [5, 5.41) is 5.41. The normalized spacial score (nSPS) is 18.1. The van der Waals surface area contributed by atoms with Gasteiger partial charge in [0.15, 0.2) is 0 Å². The minimum absolute atomic E-state index is 0.0517. The summed E-state index contributed by atoms with van der Waals surface area (Å²) >= 11 is 6.12. The zero-order valence-electron chi connectivity index (χ0n) is 18.5. The molecule has 3 aromatic rings. The van der Waals surface area contributed by atoms with Crippen molar-refractivity contribution >= 4 is 45.7 Å². The highest BCUT2D eigenvalue weighted by Crippen LogP contribution is 2.32. The highest BCUT2D eigenvalue weighted by molar-refractivity contribution is 6.31. The van der Waals surface area contributed by atoms with E-state index in [4.69, 9.17) is 17.3 Å². The zero-order valence-corrected chi connectivity index (χ0v) is 19.3. The third kappa shape index (κ3) is 5.82. The van der Waals surface area contributed by atoms with E-state index >= 15 is 0 Å². The molecule has 1 fully saturated rings.